The fourth-order valence-corrected chi connectivity index (χ4v) is 6.16. The van der Waals surface area contributed by atoms with Crippen molar-refractivity contribution >= 4 is 45.3 Å². The molecule has 7 aromatic rings. The average molecular weight is 477 g/mol. The molecule has 1 heterocycles. The highest BCUT2D eigenvalue weighted by atomic mass is 32.1. The number of furan rings is 1. The zero-order valence-corrected chi connectivity index (χ0v) is 20.2. The van der Waals surface area contributed by atoms with Gasteiger partial charge in [-0.2, -0.15) is 0 Å². The maximum absolute atomic E-state index is 6.17. The first kappa shape index (κ1) is 20.0. The summed E-state index contributed by atoms with van der Waals surface area (Å²) in [6.45, 7) is 0. The van der Waals surface area contributed by atoms with E-state index in [1.165, 1.54) is 44.2 Å². The van der Waals surface area contributed by atoms with Gasteiger partial charge in [0, 0.05) is 15.7 Å². The summed E-state index contributed by atoms with van der Waals surface area (Å²) >= 11 is 4.83. The summed E-state index contributed by atoms with van der Waals surface area (Å²) in [5, 5.41) is 4.91. The predicted octanol–water partition coefficient (Wildman–Crippen LogP) is 10.0. The van der Waals surface area contributed by atoms with Crippen LogP contribution >= 0.6 is 12.6 Å². The van der Waals surface area contributed by atoms with E-state index in [1.807, 2.05) is 12.1 Å². The molecule has 0 radical (unpaired) electrons. The van der Waals surface area contributed by atoms with Gasteiger partial charge in [-0.1, -0.05) is 84.9 Å². The van der Waals surface area contributed by atoms with Crippen LogP contribution in [0.25, 0.3) is 77.2 Å². The highest BCUT2D eigenvalue weighted by molar-refractivity contribution is 7.80. The highest BCUT2D eigenvalue weighted by Crippen LogP contribution is 2.49. The average Bonchev–Trinajstić information content (AvgIpc) is 3.46. The first-order valence-corrected chi connectivity index (χ1v) is 12.6. The molecular formula is C34H20OS. The molecule has 168 valence electrons. The van der Waals surface area contributed by atoms with Crippen LogP contribution in [-0.2, 0) is 0 Å². The summed E-state index contributed by atoms with van der Waals surface area (Å²) in [6, 6.07) is 41.1. The lowest BCUT2D eigenvalue weighted by molar-refractivity contribution is 0.669. The summed E-state index contributed by atoms with van der Waals surface area (Å²) in [5.74, 6) is 0. The number of hydrogen-bond donors (Lipinski definition) is 1. The van der Waals surface area contributed by atoms with Gasteiger partial charge in [-0.05, 0) is 85.6 Å². The minimum absolute atomic E-state index is 0.898. The van der Waals surface area contributed by atoms with Crippen LogP contribution in [0.3, 0.4) is 0 Å². The van der Waals surface area contributed by atoms with Crippen molar-refractivity contribution in [2.45, 2.75) is 4.90 Å². The third-order valence-electron chi connectivity index (χ3n) is 7.55. The molecule has 0 saturated carbocycles. The van der Waals surface area contributed by atoms with Gasteiger partial charge in [0.1, 0.15) is 11.2 Å². The first-order valence-electron chi connectivity index (χ1n) is 12.2. The Morgan fingerprint density at radius 1 is 0.417 bits per heavy atom. The van der Waals surface area contributed by atoms with Gasteiger partial charge in [-0.15, -0.1) is 12.6 Å². The van der Waals surface area contributed by atoms with Gasteiger partial charge in [-0.25, -0.2) is 0 Å². The van der Waals surface area contributed by atoms with E-state index in [4.69, 9.17) is 17.0 Å². The fourth-order valence-electron chi connectivity index (χ4n) is 5.89. The smallest absolute Gasteiger partial charge is 0.136 e. The van der Waals surface area contributed by atoms with Crippen molar-refractivity contribution in [2.75, 3.05) is 0 Å². The Hall–Kier alpha value is -4.27. The van der Waals surface area contributed by atoms with Gasteiger partial charge in [0.2, 0.25) is 0 Å². The zero-order chi connectivity index (χ0) is 23.8. The van der Waals surface area contributed by atoms with Crippen LogP contribution in [0, 0.1) is 0 Å². The van der Waals surface area contributed by atoms with E-state index >= 15 is 0 Å². The van der Waals surface area contributed by atoms with E-state index in [1.54, 1.807) is 0 Å². The number of fused-ring (bicyclic) bond motifs is 6. The van der Waals surface area contributed by atoms with Gasteiger partial charge >= 0.3 is 0 Å². The molecule has 0 saturated heterocycles. The molecule has 0 fully saturated rings. The Labute approximate surface area is 214 Å². The molecule has 0 N–H and O–H groups in total. The lowest BCUT2D eigenvalue weighted by atomic mass is 9.92. The molecule has 1 aliphatic carbocycles. The predicted molar refractivity (Wildman–Crippen MR) is 154 cm³/mol. The monoisotopic (exact) mass is 476 g/mol. The fraction of sp³-hybridized carbons (Fsp3) is 0. The molecule has 1 aromatic heterocycles. The SMILES string of the molecule is Sc1ccc(-c2ccc3c4c(cccc24)-c2ccccc2-3)cc1-c1ccc2c(c1)oc1ccccc12. The summed E-state index contributed by atoms with van der Waals surface area (Å²) in [6.07, 6.45) is 0. The van der Waals surface area contributed by atoms with Gasteiger partial charge in [-0.3, -0.25) is 0 Å². The van der Waals surface area contributed by atoms with Crippen molar-refractivity contribution in [3.05, 3.63) is 115 Å². The summed E-state index contributed by atoms with van der Waals surface area (Å²) in [4.78, 5) is 0.951. The summed E-state index contributed by atoms with van der Waals surface area (Å²) in [5.41, 5.74) is 11.7. The number of hydrogen-bond acceptors (Lipinski definition) is 2. The van der Waals surface area contributed by atoms with Gasteiger partial charge in [0.15, 0.2) is 0 Å². The maximum Gasteiger partial charge on any atom is 0.136 e. The molecule has 36 heavy (non-hydrogen) atoms. The Bertz CT molecular complexity index is 1980. The van der Waals surface area contributed by atoms with Gasteiger partial charge in [0.05, 0.1) is 0 Å². The standard InChI is InChI=1S/C34H20OS/c36-33-17-13-20(18-30(33)21-12-14-26-25-8-3-4-11-31(25)35-32(26)19-21)22-15-16-29-24-7-2-1-6-23(24)28-10-5-9-27(22)34(28)29/h1-19,36H. The van der Waals surface area contributed by atoms with Crippen LogP contribution in [0.5, 0.6) is 0 Å². The van der Waals surface area contributed by atoms with Crippen molar-refractivity contribution in [1.82, 2.24) is 0 Å². The van der Waals surface area contributed by atoms with Crippen LogP contribution in [-0.4, -0.2) is 0 Å². The summed E-state index contributed by atoms with van der Waals surface area (Å²) in [7, 11) is 0. The van der Waals surface area contributed by atoms with E-state index in [2.05, 4.69) is 103 Å². The topological polar surface area (TPSA) is 13.1 Å². The molecule has 2 heteroatoms. The minimum atomic E-state index is 0.898. The van der Waals surface area contributed by atoms with Crippen LogP contribution in [0.1, 0.15) is 0 Å². The molecule has 0 unspecified atom stereocenters. The third kappa shape index (κ3) is 2.73. The van der Waals surface area contributed by atoms with Crippen LogP contribution in [0.4, 0.5) is 0 Å². The maximum atomic E-state index is 6.17. The van der Waals surface area contributed by atoms with E-state index in [0.717, 1.165) is 38.0 Å². The molecule has 6 aromatic carbocycles. The lowest BCUT2D eigenvalue weighted by Gasteiger charge is -2.13. The van der Waals surface area contributed by atoms with Crippen molar-refractivity contribution < 1.29 is 4.42 Å². The number of benzene rings is 6. The van der Waals surface area contributed by atoms with Crippen molar-refractivity contribution in [2.24, 2.45) is 0 Å². The van der Waals surface area contributed by atoms with Crippen molar-refractivity contribution in [3.8, 4) is 44.5 Å². The number of thiol groups is 1. The molecule has 0 bridgehead atoms. The molecule has 0 atom stereocenters. The van der Waals surface area contributed by atoms with E-state index in [0.29, 0.717) is 0 Å². The molecule has 0 spiro atoms. The molecule has 8 rings (SSSR count). The second kappa shape index (κ2) is 7.36. The van der Waals surface area contributed by atoms with Gasteiger partial charge < -0.3 is 4.42 Å². The largest absolute Gasteiger partial charge is 0.456 e. The van der Waals surface area contributed by atoms with Gasteiger partial charge in [0.25, 0.3) is 0 Å². The minimum Gasteiger partial charge on any atom is -0.456 e. The quantitative estimate of drug-likeness (QED) is 0.245. The molecule has 1 nitrogen and oxygen atoms in total. The lowest BCUT2D eigenvalue weighted by Crippen LogP contribution is -1.86. The van der Waals surface area contributed by atoms with E-state index in [9.17, 15) is 0 Å². The Morgan fingerprint density at radius 3 is 1.94 bits per heavy atom. The van der Waals surface area contributed by atoms with Crippen LogP contribution < -0.4 is 0 Å². The molecule has 1 aliphatic rings. The third-order valence-corrected chi connectivity index (χ3v) is 7.94. The second-order valence-electron chi connectivity index (χ2n) is 9.48. The number of rotatable bonds is 2. The Balaban J connectivity index is 1.32. The zero-order valence-electron chi connectivity index (χ0n) is 19.3. The molecule has 0 aliphatic heterocycles. The second-order valence-corrected chi connectivity index (χ2v) is 9.96. The highest BCUT2D eigenvalue weighted by Gasteiger charge is 2.22. The van der Waals surface area contributed by atoms with E-state index < -0.39 is 0 Å². The Morgan fingerprint density at radius 2 is 1.06 bits per heavy atom. The van der Waals surface area contributed by atoms with Crippen LogP contribution in [0.15, 0.2) is 125 Å². The first-order chi connectivity index (χ1) is 17.8. The molecule has 0 amide bonds. The van der Waals surface area contributed by atoms with Crippen LogP contribution in [0.2, 0.25) is 0 Å². The van der Waals surface area contributed by atoms with E-state index in [-0.39, 0.29) is 0 Å². The van der Waals surface area contributed by atoms with Crippen molar-refractivity contribution in [1.29, 1.82) is 0 Å². The normalized spacial score (nSPS) is 12.0. The number of para-hydroxylation sites is 1. The summed E-state index contributed by atoms with van der Waals surface area (Å²) < 4.78 is 6.17. The Kier molecular flexibility index (Phi) is 4.09. The van der Waals surface area contributed by atoms with Crippen molar-refractivity contribution in [3.63, 3.8) is 0 Å². The molecular weight excluding hydrogens is 456 g/mol.